The molecule has 3 rings (SSSR count). The number of hydrogen-bond donors (Lipinski definition) is 0. The van der Waals surface area contributed by atoms with Crippen LogP contribution in [0.2, 0.25) is 0 Å². The minimum atomic E-state index is -0.946. The van der Waals surface area contributed by atoms with E-state index in [1.807, 2.05) is 6.07 Å². The highest BCUT2D eigenvalue weighted by Gasteiger charge is 2.43. The predicted octanol–water partition coefficient (Wildman–Crippen LogP) is 2.43. The molecule has 2 aromatic rings. The average Bonchev–Trinajstić information content (AvgIpc) is 2.60. The number of carbonyl (C=O) groups is 2. The van der Waals surface area contributed by atoms with Crippen molar-refractivity contribution in [3.05, 3.63) is 58.1 Å². The van der Waals surface area contributed by atoms with Gasteiger partial charge in [0.25, 0.3) is 11.7 Å². The molecule has 0 saturated heterocycles. The van der Waals surface area contributed by atoms with Crippen molar-refractivity contribution in [3.63, 3.8) is 0 Å². The Labute approximate surface area is 143 Å². The van der Waals surface area contributed by atoms with Crippen LogP contribution in [0.5, 0.6) is 5.75 Å². The number of fused-ring (bicyclic) bond motifs is 1. The number of pyridine rings is 1. The Morgan fingerprint density at radius 2 is 1.96 bits per heavy atom. The van der Waals surface area contributed by atoms with Gasteiger partial charge in [0.15, 0.2) is 11.5 Å². The molecule has 0 radical (unpaired) electrons. The molecule has 0 bridgehead atoms. The van der Waals surface area contributed by atoms with E-state index in [1.165, 1.54) is 24.0 Å². The predicted molar refractivity (Wildman–Crippen MR) is 88.3 cm³/mol. The fourth-order valence-corrected chi connectivity index (χ4v) is 2.59. The molecule has 8 heteroatoms. The summed E-state index contributed by atoms with van der Waals surface area (Å²) in [7, 11) is 0. The maximum atomic E-state index is 13.0. The van der Waals surface area contributed by atoms with Crippen molar-refractivity contribution in [1.82, 2.24) is 4.98 Å². The summed E-state index contributed by atoms with van der Waals surface area (Å²) in [5.74, 6) is -0.981. The zero-order valence-electron chi connectivity index (χ0n) is 13.6. The number of ether oxygens (including phenoxy) is 1. The Hall–Kier alpha value is -3.29. The van der Waals surface area contributed by atoms with Crippen molar-refractivity contribution in [1.29, 1.82) is 0 Å². The fraction of sp³-hybridized carbons (Fsp3) is 0.235. The fourth-order valence-electron chi connectivity index (χ4n) is 2.59. The van der Waals surface area contributed by atoms with Crippen LogP contribution in [0, 0.1) is 10.1 Å². The normalized spacial score (nSPS) is 17.4. The van der Waals surface area contributed by atoms with Crippen LogP contribution in [-0.2, 0) is 9.59 Å². The minimum absolute atomic E-state index is 0.0194. The third-order valence-corrected chi connectivity index (χ3v) is 4.02. The number of carbonyl (C=O) groups excluding carboxylic acids is 2. The lowest BCUT2D eigenvalue weighted by Gasteiger charge is -2.33. The van der Waals surface area contributed by atoms with E-state index in [0.717, 1.165) is 0 Å². The second kappa shape index (κ2) is 6.31. The van der Waals surface area contributed by atoms with Gasteiger partial charge in [-0.15, -0.1) is 0 Å². The van der Waals surface area contributed by atoms with E-state index in [-0.39, 0.29) is 17.4 Å². The van der Waals surface area contributed by atoms with Crippen LogP contribution in [0.3, 0.4) is 0 Å². The maximum Gasteiger partial charge on any atom is 0.366 e. The Balaban J connectivity index is 2.13. The van der Waals surface area contributed by atoms with Crippen LogP contribution in [0.25, 0.3) is 0 Å². The second-order valence-electron chi connectivity index (χ2n) is 5.65. The molecular formula is C17H15N3O5. The summed E-state index contributed by atoms with van der Waals surface area (Å²) >= 11 is 0. The lowest BCUT2D eigenvalue weighted by Crippen LogP contribution is -2.49. The van der Waals surface area contributed by atoms with E-state index < -0.39 is 28.8 Å². The first kappa shape index (κ1) is 16.6. The van der Waals surface area contributed by atoms with Gasteiger partial charge < -0.3 is 14.9 Å². The molecule has 1 aliphatic heterocycles. The van der Waals surface area contributed by atoms with Crippen LogP contribution < -0.4 is 9.64 Å². The number of rotatable bonds is 4. The van der Waals surface area contributed by atoms with Crippen molar-refractivity contribution in [2.75, 3.05) is 4.90 Å². The average molecular weight is 341 g/mol. The summed E-state index contributed by atoms with van der Waals surface area (Å²) < 4.78 is 5.74. The monoisotopic (exact) mass is 341 g/mol. The topological polar surface area (TPSA) is 103 Å². The van der Waals surface area contributed by atoms with Crippen molar-refractivity contribution in [2.24, 2.45) is 0 Å². The first-order chi connectivity index (χ1) is 11.9. The molecule has 0 N–H and O–H groups in total. The van der Waals surface area contributed by atoms with Gasteiger partial charge >= 0.3 is 5.82 Å². The highest BCUT2D eigenvalue weighted by molar-refractivity contribution is 6.04. The molecule has 1 aliphatic rings. The number of amides is 1. The third kappa shape index (κ3) is 2.93. The zero-order valence-corrected chi connectivity index (χ0v) is 13.6. The number of anilines is 1. The highest BCUT2D eigenvalue weighted by Crippen LogP contribution is 2.39. The summed E-state index contributed by atoms with van der Waals surface area (Å²) in [6.07, 6.45) is -0.946. The minimum Gasteiger partial charge on any atom is -0.469 e. The third-order valence-electron chi connectivity index (χ3n) is 4.02. The summed E-state index contributed by atoms with van der Waals surface area (Å²) in [6, 6.07) is 10.6. The molecule has 8 nitrogen and oxygen atoms in total. The quantitative estimate of drug-likeness (QED) is 0.625. The lowest BCUT2D eigenvalue weighted by molar-refractivity contribution is -0.389. The molecular weight excluding hydrogens is 326 g/mol. The van der Waals surface area contributed by atoms with Gasteiger partial charge in [-0.1, -0.05) is 30.3 Å². The van der Waals surface area contributed by atoms with Crippen LogP contribution in [0.4, 0.5) is 11.6 Å². The van der Waals surface area contributed by atoms with Gasteiger partial charge in [-0.2, -0.15) is 0 Å². The van der Waals surface area contributed by atoms with Gasteiger partial charge in [0.1, 0.15) is 0 Å². The standard InChI is InChI=1S/C17H15N3O5/c1-10(11(2)21)19-16-13(8-9-14(18-16)20(23)24)25-15(17(19)22)12-6-4-3-5-7-12/h3-10,15H,1-2H3. The molecule has 2 unspecified atom stereocenters. The molecule has 1 aromatic carbocycles. The van der Waals surface area contributed by atoms with E-state index in [1.54, 1.807) is 31.2 Å². The van der Waals surface area contributed by atoms with E-state index in [2.05, 4.69) is 4.98 Å². The Morgan fingerprint density at radius 1 is 1.28 bits per heavy atom. The zero-order chi connectivity index (χ0) is 18.1. The Morgan fingerprint density at radius 3 is 2.56 bits per heavy atom. The number of Topliss-reactive ketones (excluding diaryl/α,β-unsaturated/α-hetero) is 1. The van der Waals surface area contributed by atoms with E-state index in [9.17, 15) is 19.7 Å². The lowest BCUT2D eigenvalue weighted by atomic mass is 10.0. The van der Waals surface area contributed by atoms with Crippen LogP contribution in [0.1, 0.15) is 25.5 Å². The van der Waals surface area contributed by atoms with Crippen LogP contribution in [0.15, 0.2) is 42.5 Å². The molecule has 0 saturated carbocycles. The van der Waals surface area contributed by atoms with Crippen LogP contribution in [-0.4, -0.2) is 27.6 Å². The number of hydrogen-bond acceptors (Lipinski definition) is 6. The molecule has 0 spiro atoms. The maximum absolute atomic E-state index is 13.0. The first-order valence-corrected chi connectivity index (χ1v) is 7.60. The van der Waals surface area contributed by atoms with Gasteiger partial charge in [0, 0.05) is 11.6 Å². The van der Waals surface area contributed by atoms with Gasteiger partial charge in [0.2, 0.25) is 6.10 Å². The summed E-state index contributed by atoms with van der Waals surface area (Å²) in [5, 5.41) is 11.0. The number of aromatic nitrogens is 1. The molecule has 25 heavy (non-hydrogen) atoms. The second-order valence-corrected chi connectivity index (χ2v) is 5.65. The Kier molecular flexibility index (Phi) is 4.18. The van der Waals surface area contributed by atoms with Crippen molar-refractivity contribution in [2.45, 2.75) is 26.0 Å². The number of benzene rings is 1. The molecule has 2 atom stereocenters. The molecule has 1 aromatic heterocycles. The summed E-state index contributed by atoms with van der Waals surface area (Å²) in [5.41, 5.74) is 0.622. The van der Waals surface area contributed by atoms with Crippen molar-refractivity contribution in [3.8, 4) is 5.75 Å². The number of ketones is 1. The van der Waals surface area contributed by atoms with Gasteiger partial charge in [-0.3, -0.25) is 14.5 Å². The first-order valence-electron chi connectivity index (χ1n) is 7.60. The Bertz CT molecular complexity index is 853. The molecule has 128 valence electrons. The van der Waals surface area contributed by atoms with E-state index in [0.29, 0.717) is 5.56 Å². The smallest absolute Gasteiger partial charge is 0.366 e. The molecule has 1 amide bonds. The highest BCUT2D eigenvalue weighted by atomic mass is 16.6. The number of nitro groups is 1. The van der Waals surface area contributed by atoms with Crippen molar-refractivity contribution >= 4 is 23.3 Å². The van der Waals surface area contributed by atoms with Gasteiger partial charge in [-0.25, -0.2) is 0 Å². The summed E-state index contributed by atoms with van der Waals surface area (Å²) in [6.45, 7) is 2.90. The SMILES string of the molecule is CC(=O)C(C)N1C(=O)C(c2ccccc2)Oc2ccc([N+](=O)[O-])nc21. The molecule has 2 heterocycles. The van der Waals surface area contributed by atoms with Crippen molar-refractivity contribution < 1.29 is 19.2 Å². The van der Waals surface area contributed by atoms with Gasteiger partial charge in [-0.05, 0) is 29.8 Å². The van der Waals surface area contributed by atoms with E-state index in [4.69, 9.17) is 4.74 Å². The van der Waals surface area contributed by atoms with E-state index >= 15 is 0 Å². The number of nitrogens with zero attached hydrogens (tertiary/aromatic N) is 3. The largest absolute Gasteiger partial charge is 0.469 e. The molecule has 0 fully saturated rings. The molecule has 0 aliphatic carbocycles. The van der Waals surface area contributed by atoms with Crippen LogP contribution >= 0.6 is 0 Å². The van der Waals surface area contributed by atoms with Gasteiger partial charge in [0.05, 0.1) is 6.04 Å². The summed E-state index contributed by atoms with van der Waals surface area (Å²) in [4.78, 5) is 40.2.